The standard InChI is InChI=1S/C25H20N4O6/c1-14-20(15-7-5-4-6-8-15)22(31)17-10-9-16(11-18(17)34-14)35-19(30)12-29-13-26-23-21(29)24(32)28(3)25(33)27(23)2/h4-11,13H,12H2,1-3H3. The monoisotopic (exact) mass is 472 g/mol. The van der Waals surface area contributed by atoms with Gasteiger partial charge in [0.05, 0.1) is 17.3 Å². The molecule has 2 aromatic carbocycles. The van der Waals surface area contributed by atoms with Crippen LogP contribution in [0.15, 0.2) is 73.7 Å². The zero-order chi connectivity index (χ0) is 24.9. The number of hydrogen-bond acceptors (Lipinski definition) is 7. The van der Waals surface area contributed by atoms with Gasteiger partial charge in [0.2, 0.25) is 5.43 Å². The van der Waals surface area contributed by atoms with Crippen molar-refractivity contribution in [3.05, 3.63) is 91.7 Å². The highest BCUT2D eigenvalue weighted by Crippen LogP contribution is 2.26. The number of hydrogen-bond donors (Lipinski definition) is 0. The highest BCUT2D eigenvalue weighted by Gasteiger charge is 2.18. The number of ether oxygens (including phenoxy) is 1. The summed E-state index contributed by atoms with van der Waals surface area (Å²) in [5.74, 6) is -0.0368. The molecule has 0 unspecified atom stereocenters. The number of imidazole rings is 1. The SMILES string of the molecule is Cc1oc2cc(OC(=O)Cn3cnc4c3c(=O)n(C)c(=O)n4C)ccc2c(=O)c1-c1ccccc1. The molecule has 0 radical (unpaired) electrons. The highest BCUT2D eigenvalue weighted by molar-refractivity contribution is 5.85. The molecule has 0 N–H and O–H groups in total. The lowest BCUT2D eigenvalue weighted by Crippen LogP contribution is -2.37. The van der Waals surface area contributed by atoms with Crippen molar-refractivity contribution in [3.63, 3.8) is 0 Å². The summed E-state index contributed by atoms with van der Waals surface area (Å²) in [6, 6.07) is 13.8. The van der Waals surface area contributed by atoms with Gasteiger partial charge in [-0.05, 0) is 24.6 Å². The number of carbonyl (C=O) groups is 1. The van der Waals surface area contributed by atoms with Crippen molar-refractivity contribution in [1.29, 1.82) is 0 Å². The van der Waals surface area contributed by atoms with Crippen molar-refractivity contribution in [2.75, 3.05) is 0 Å². The first-order valence-corrected chi connectivity index (χ1v) is 10.7. The number of aryl methyl sites for hydroxylation is 2. The number of nitrogens with zero attached hydrogens (tertiary/aromatic N) is 4. The molecule has 0 amide bonds. The molecule has 35 heavy (non-hydrogen) atoms. The van der Waals surface area contributed by atoms with Gasteiger partial charge in [0.25, 0.3) is 5.56 Å². The summed E-state index contributed by atoms with van der Waals surface area (Å²) >= 11 is 0. The fourth-order valence-corrected chi connectivity index (χ4v) is 4.11. The predicted molar refractivity (Wildman–Crippen MR) is 129 cm³/mol. The second-order valence-electron chi connectivity index (χ2n) is 8.11. The smallest absolute Gasteiger partial charge is 0.332 e. The van der Waals surface area contributed by atoms with E-state index in [1.807, 2.05) is 30.3 Å². The van der Waals surface area contributed by atoms with Crippen LogP contribution >= 0.6 is 0 Å². The van der Waals surface area contributed by atoms with Gasteiger partial charge in [-0.2, -0.15) is 0 Å². The van der Waals surface area contributed by atoms with Crippen LogP contribution in [0, 0.1) is 6.92 Å². The van der Waals surface area contributed by atoms with Crippen molar-refractivity contribution < 1.29 is 13.9 Å². The zero-order valence-electron chi connectivity index (χ0n) is 19.1. The average Bonchev–Trinajstić information content (AvgIpc) is 3.25. The van der Waals surface area contributed by atoms with Crippen LogP contribution in [0.2, 0.25) is 0 Å². The van der Waals surface area contributed by atoms with E-state index in [4.69, 9.17) is 9.15 Å². The topological polar surface area (TPSA) is 118 Å². The Morgan fingerprint density at radius 1 is 1.03 bits per heavy atom. The zero-order valence-corrected chi connectivity index (χ0v) is 19.1. The lowest BCUT2D eigenvalue weighted by atomic mass is 10.0. The molecule has 5 rings (SSSR count). The minimum Gasteiger partial charge on any atom is -0.460 e. The van der Waals surface area contributed by atoms with E-state index in [0.29, 0.717) is 16.7 Å². The van der Waals surface area contributed by atoms with Crippen molar-refractivity contribution in [2.24, 2.45) is 14.1 Å². The molecule has 0 bridgehead atoms. The average molecular weight is 472 g/mol. The summed E-state index contributed by atoms with van der Waals surface area (Å²) in [5.41, 5.74) is 0.541. The lowest BCUT2D eigenvalue weighted by molar-refractivity contribution is -0.134. The molecule has 0 aliphatic heterocycles. The van der Waals surface area contributed by atoms with E-state index in [1.165, 1.54) is 41.7 Å². The van der Waals surface area contributed by atoms with Crippen molar-refractivity contribution in [3.8, 4) is 16.9 Å². The molecule has 3 heterocycles. The van der Waals surface area contributed by atoms with E-state index >= 15 is 0 Å². The van der Waals surface area contributed by atoms with Gasteiger partial charge in [-0.3, -0.25) is 18.7 Å². The molecule has 0 atom stereocenters. The van der Waals surface area contributed by atoms with Gasteiger partial charge in [0.1, 0.15) is 23.6 Å². The molecule has 0 saturated heterocycles. The number of carbonyl (C=O) groups excluding carboxylic acids is 1. The van der Waals surface area contributed by atoms with Gasteiger partial charge in [0, 0.05) is 20.2 Å². The highest BCUT2D eigenvalue weighted by atomic mass is 16.5. The normalized spacial score (nSPS) is 11.3. The van der Waals surface area contributed by atoms with Crippen LogP contribution in [-0.2, 0) is 25.4 Å². The maximum absolute atomic E-state index is 13.1. The van der Waals surface area contributed by atoms with Crippen LogP contribution in [0.1, 0.15) is 5.76 Å². The fraction of sp³-hybridized carbons (Fsp3) is 0.160. The molecular formula is C25H20N4O6. The van der Waals surface area contributed by atoms with E-state index in [2.05, 4.69) is 4.98 Å². The van der Waals surface area contributed by atoms with E-state index in [1.54, 1.807) is 13.0 Å². The Morgan fingerprint density at radius 3 is 2.51 bits per heavy atom. The van der Waals surface area contributed by atoms with Crippen LogP contribution in [-0.4, -0.2) is 24.7 Å². The lowest BCUT2D eigenvalue weighted by Gasteiger charge is -2.09. The number of aromatic nitrogens is 4. The molecule has 3 aromatic heterocycles. The quantitative estimate of drug-likeness (QED) is 0.290. The van der Waals surface area contributed by atoms with Crippen LogP contribution < -0.4 is 21.4 Å². The van der Waals surface area contributed by atoms with Crippen molar-refractivity contribution in [2.45, 2.75) is 13.5 Å². The summed E-state index contributed by atoms with van der Waals surface area (Å²) in [4.78, 5) is 54.5. The van der Waals surface area contributed by atoms with Gasteiger partial charge in [0.15, 0.2) is 11.2 Å². The van der Waals surface area contributed by atoms with E-state index in [0.717, 1.165) is 10.1 Å². The molecule has 0 spiro atoms. The molecule has 0 aliphatic rings. The Morgan fingerprint density at radius 2 is 1.77 bits per heavy atom. The largest absolute Gasteiger partial charge is 0.460 e. The van der Waals surface area contributed by atoms with Gasteiger partial charge in [-0.15, -0.1) is 0 Å². The molecule has 10 heteroatoms. The molecule has 0 aliphatic carbocycles. The molecule has 0 saturated carbocycles. The fourth-order valence-electron chi connectivity index (χ4n) is 4.11. The number of esters is 1. The number of benzene rings is 2. The first-order valence-electron chi connectivity index (χ1n) is 10.7. The second kappa shape index (κ2) is 8.24. The molecular weight excluding hydrogens is 452 g/mol. The van der Waals surface area contributed by atoms with Crippen molar-refractivity contribution in [1.82, 2.24) is 18.7 Å². The maximum Gasteiger partial charge on any atom is 0.332 e. The Hall–Kier alpha value is -4.73. The number of fused-ring (bicyclic) bond motifs is 2. The summed E-state index contributed by atoms with van der Waals surface area (Å²) in [7, 11) is 2.85. The molecule has 0 fully saturated rings. The van der Waals surface area contributed by atoms with Crippen LogP contribution in [0.25, 0.3) is 33.3 Å². The maximum atomic E-state index is 13.1. The first kappa shape index (κ1) is 22.1. The van der Waals surface area contributed by atoms with E-state index < -0.39 is 17.2 Å². The summed E-state index contributed by atoms with van der Waals surface area (Å²) in [5, 5.41) is 0.360. The molecule has 10 nitrogen and oxygen atoms in total. The minimum absolute atomic E-state index is 0.111. The Labute approximate surface area is 197 Å². The van der Waals surface area contributed by atoms with Crippen LogP contribution in [0.3, 0.4) is 0 Å². The van der Waals surface area contributed by atoms with Gasteiger partial charge >= 0.3 is 11.7 Å². The van der Waals surface area contributed by atoms with Crippen LogP contribution in [0.5, 0.6) is 5.75 Å². The van der Waals surface area contributed by atoms with E-state index in [9.17, 15) is 19.2 Å². The first-order chi connectivity index (χ1) is 16.8. The minimum atomic E-state index is -0.667. The molecule has 5 aromatic rings. The summed E-state index contributed by atoms with van der Waals surface area (Å²) in [6.07, 6.45) is 1.31. The van der Waals surface area contributed by atoms with Gasteiger partial charge < -0.3 is 13.7 Å². The Bertz CT molecular complexity index is 1810. The Kier molecular flexibility index (Phi) is 5.20. The summed E-state index contributed by atoms with van der Waals surface area (Å²) < 4.78 is 14.8. The third-order valence-corrected chi connectivity index (χ3v) is 5.85. The third-order valence-electron chi connectivity index (χ3n) is 5.85. The van der Waals surface area contributed by atoms with Gasteiger partial charge in [-0.25, -0.2) is 14.6 Å². The van der Waals surface area contributed by atoms with Gasteiger partial charge in [-0.1, -0.05) is 30.3 Å². The number of rotatable bonds is 4. The Balaban J connectivity index is 1.46. The second-order valence-corrected chi connectivity index (χ2v) is 8.11. The molecule has 176 valence electrons. The van der Waals surface area contributed by atoms with Crippen molar-refractivity contribution >= 4 is 28.1 Å². The van der Waals surface area contributed by atoms with Crippen LogP contribution in [0.4, 0.5) is 0 Å². The third kappa shape index (κ3) is 3.65. The van der Waals surface area contributed by atoms with E-state index in [-0.39, 0.29) is 34.5 Å². The predicted octanol–water partition coefficient (Wildman–Crippen LogP) is 2.12. The summed E-state index contributed by atoms with van der Waals surface area (Å²) in [6.45, 7) is 1.40.